The van der Waals surface area contributed by atoms with Crippen LogP contribution in [0.2, 0.25) is 0 Å². The summed E-state index contributed by atoms with van der Waals surface area (Å²) in [5, 5.41) is 8.05. The number of rotatable bonds is 4. The van der Waals surface area contributed by atoms with Crippen LogP contribution in [0.5, 0.6) is 0 Å². The van der Waals surface area contributed by atoms with Gasteiger partial charge in [-0.1, -0.05) is 19.8 Å². The minimum atomic E-state index is 0. The summed E-state index contributed by atoms with van der Waals surface area (Å²) < 4.78 is 1.90. The number of hydrogen-bond acceptors (Lipinski definition) is 3. The van der Waals surface area contributed by atoms with Crippen LogP contribution >= 0.6 is 24.0 Å². The summed E-state index contributed by atoms with van der Waals surface area (Å²) in [6, 6.07) is 0. The lowest BCUT2D eigenvalue weighted by Gasteiger charge is -2.45. The zero-order valence-corrected chi connectivity index (χ0v) is 19.9. The highest BCUT2D eigenvalue weighted by atomic mass is 127. The first-order chi connectivity index (χ1) is 12.4. The number of likely N-dealkylation sites (tertiary alicyclic amines) is 1. The third-order valence-electron chi connectivity index (χ3n) is 6.49. The molecule has 0 spiro atoms. The predicted molar refractivity (Wildman–Crippen MR) is 123 cm³/mol. The van der Waals surface area contributed by atoms with E-state index >= 15 is 0 Å². The molecule has 1 aromatic rings. The first kappa shape index (κ1) is 22.5. The fourth-order valence-electron chi connectivity index (χ4n) is 4.81. The summed E-state index contributed by atoms with van der Waals surface area (Å²) in [5.41, 5.74) is 1.59. The lowest BCUT2D eigenvalue weighted by Crippen LogP contribution is -2.56. The fraction of sp³-hybridized carbons (Fsp3) is 0.800. The van der Waals surface area contributed by atoms with E-state index in [1.807, 2.05) is 25.0 Å². The van der Waals surface area contributed by atoms with Gasteiger partial charge in [0.1, 0.15) is 0 Å². The molecule has 6 nitrogen and oxygen atoms in total. The van der Waals surface area contributed by atoms with Crippen LogP contribution in [0.25, 0.3) is 0 Å². The molecule has 2 aliphatic rings. The molecule has 1 aliphatic heterocycles. The van der Waals surface area contributed by atoms with Gasteiger partial charge < -0.3 is 15.1 Å². The summed E-state index contributed by atoms with van der Waals surface area (Å²) in [6.07, 6.45) is 10.6. The third kappa shape index (κ3) is 5.16. The van der Waals surface area contributed by atoms with Crippen molar-refractivity contribution < 1.29 is 0 Å². The van der Waals surface area contributed by atoms with Crippen molar-refractivity contribution in [2.24, 2.45) is 18.0 Å². The Labute approximate surface area is 181 Å². The van der Waals surface area contributed by atoms with E-state index in [1.165, 1.54) is 37.7 Å². The number of aliphatic imine (C=N–C) groups is 1. The fourth-order valence-corrected chi connectivity index (χ4v) is 4.81. The van der Waals surface area contributed by atoms with E-state index in [0.717, 1.165) is 31.5 Å². The lowest BCUT2D eigenvalue weighted by molar-refractivity contribution is 0.0790. The normalized spacial score (nSPS) is 29.1. The average molecular weight is 488 g/mol. The second-order valence-corrected chi connectivity index (χ2v) is 8.60. The first-order valence-corrected chi connectivity index (χ1v) is 10.0. The van der Waals surface area contributed by atoms with Gasteiger partial charge in [0.05, 0.1) is 6.20 Å². The first-order valence-electron chi connectivity index (χ1n) is 10.0. The zero-order valence-electron chi connectivity index (χ0n) is 17.6. The minimum Gasteiger partial charge on any atom is -0.354 e. The molecule has 3 rings (SSSR count). The van der Waals surface area contributed by atoms with Crippen LogP contribution in [0.3, 0.4) is 0 Å². The smallest absolute Gasteiger partial charge is 0.193 e. The van der Waals surface area contributed by atoms with Crippen LogP contribution in [-0.4, -0.2) is 71.9 Å². The molecular formula is C20H37IN6. The molecule has 1 saturated carbocycles. The minimum absolute atomic E-state index is 0. The van der Waals surface area contributed by atoms with E-state index in [1.54, 1.807) is 0 Å². The van der Waals surface area contributed by atoms with Gasteiger partial charge in [-0.25, -0.2) is 0 Å². The predicted octanol–water partition coefficient (Wildman–Crippen LogP) is 2.91. The van der Waals surface area contributed by atoms with Crippen molar-refractivity contribution >= 4 is 29.9 Å². The Morgan fingerprint density at radius 1 is 1.41 bits per heavy atom. The SMILES string of the molecule is CN=C(NCC1(N(C)C)CCCC(C)C1)N1CCC(c2cnn(C)c2)C1.I. The molecule has 3 unspecified atom stereocenters. The summed E-state index contributed by atoms with van der Waals surface area (Å²) in [5.74, 6) is 2.41. The molecule has 27 heavy (non-hydrogen) atoms. The maximum atomic E-state index is 4.59. The highest BCUT2D eigenvalue weighted by Crippen LogP contribution is 2.35. The van der Waals surface area contributed by atoms with Crippen LogP contribution < -0.4 is 5.32 Å². The number of halogens is 1. The molecule has 1 aliphatic carbocycles. The van der Waals surface area contributed by atoms with E-state index in [2.05, 4.69) is 52.4 Å². The van der Waals surface area contributed by atoms with Gasteiger partial charge in [0, 0.05) is 51.4 Å². The quantitative estimate of drug-likeness (QED) is 0.403. The third-order valence-corrected chi connectivity index (χ3v) is 6.49. The highest BCUT2D eigenvalue weighted by molar-refractivity contribution is 14.0. The van der Waals surface area contributed by atoms with Crippen LogP contribution in [0, 0.1) is 5.92 Å². The molecule has 1 N–H and O–H groups in total. The summed E-state index contributed by atoms with van der Waals surface area (Å²) >= 11 is 0. The molecule has 7 heteroatoms. The van der Waals surface area contributed by atoms with Crippen molar-refractivity contribution in [3.8, 4) is 0 Å². The number of guanidine groups is 1. The van der Waals surface area contributed by atoms with Gasteiger partial charge in [-0.05, 0) is 44.8 Å². The Kier molecular flexibility index (Phi) is 7.97. The maximum Gasteiger partial charge on any atom is 0.193 e. The Morgan fingerprint density at radius 3 is 2.78 bits per heavy atom. The van der Waals surface area contributed by atoms with Gasteiger partial charge in [0.15, 0.2) is 5.96 Å². The number of hydrogen-bond donors (Lipinski definition) is 1. The molecule has 0 aromatic carbocycles. The van der Waals surface area contributed by atoms with E-state index in [9.17, 15) is 0 Å². The molecule has 2 fully saturated rings. The van der Waals surface area contributed by atoms with Crippen LogP contribution in [0.1, 0.15) is 50.5 Å². The summed E-state index contributed by atoms with van der Waals surface area (Å²) in [7, 11) is 8.36. The van der Waals surface area contributed by atoms with Gasteiger partial charge in [-0.3, -0.25) is 9.67 Å². The number of nitrogens with zero attached hydrogens (tertiary/aromatic N) is 5. The number of likely N-dealkylation sites (N-methyl/N-ethyl adjacent to an activating group) is 1. The molecular weight excluding hydrogens is 451 g/mol. The molecule has 0 radical (unpaired) electrons. The van der Waals surface area contributed by atoms with Gasteiger partial charge >= 0.3 is 0 Å². The van der Waals surface area contributed by atoms with Gasteiger partial charge in [-0.2, -0.15) is 5.10 Å². The topological polar surface area (TPSA) is 48.7 Å². The van der Waals surface area contributed by atoms with Crippen LogP contribution in [0.4, 0.5) is 0 Å². The standard InChI is InChI=1S/C20H36N6.HI/c1-16-7-6-9-20(11-16,24(3)4)15-22-19(21-2)26-10-8-17(14-26)18-12-23-25(5)13-18;/h12-13,16-17H,6-11,14-15H2,1-5H3,(H,21,22);1H. The van der Waals surface area contributed by atoms with E-state index in [0.29, 0.717) is 5.92 Å². The Balaban J connectivity index is 0.00000261. The number of nitrogens with one attached hydrogen (secondary N) is 1. The second kappa shape index (κ2) is 9.58. The molecule has 3 atom stereocenters. The lowest BCUT2D eigenvalue weighted by atomic mass is 9.75. The Hall–Kier alpha value is -0.830. The van der Waals surface area contributed by atoms with Crippen LogP contribution in [0.15, 0.2) is 17.4 Å². The average Bonchev–Trinajstić information content (AvgIpc) is 3.24. The monoisotopic (exact) mass is 488 g/mol. The van der Waals surface area contributed by atoms with Crippen molar-refractivity contribution in [1.29, 1.82) is 0 Å². The largest absolute Gasteiger partial charge is 0.354 e. The maximum absolute atomic E-state index is 4.59. The molecule has 1 aromatic heterocycles. The highest BCUT2D eigenvalue weighted by Gasteiger charge is 2.37. The van der Waals surface area contributed by atoms with Crippen molar-refractivity contribution in [3.63, 3.8) is 0 Å². The number of aryl methyl sites for hydroxylation is 1. The van der Waals surface area contributed by atoms with E-state index < -0.39 is 0 Å². The van der Waals surface area contributed by atoms with Gasteiger partial charge in [0.25, 0.3) is 0 Å². The van der Waals surface area contributed by atoms with Gasteiger partial charge in [-0.15, -0.1) is 24.0 Å². The van der Waals surface area contributed by atoms with Crippen molar-refractivity contribution in [2.45, 2.75) is 50.5 Å². The van der Waals surface area contributed by atoms with Crippen molar-refractivity contribution in [1.82, 2.24) is 24.9 Å². The number of aromatic nitrogens is 2. The summed E-state index contributed by atoms with van der Waals surface area (Å²) in [6.45, 7) is 5.46. The molecule has 0 amide bonds. The van der Waals surface area contributed by atoms with Crippen molar-refractivity contribution in [3.05, 3.63) is 18.0 Å². The van der Waals surface area contributed by atoms with Crippen molar-refractivity contribution in [2.75, 3.05) is 40.8 Å². The Morgan fingerprint density at radius 2 is 2.19 bits per heavy atom. The van der Waals surface area contributed by atoms with Crippen LogP contribution in [-0.2, 0) is 7.05 Å². The van der Waals surface area contributed by atoms with Gasteiger partial charge in [0.2, 0.25) is 0 Å². The summed E-state index contributed by atoms with van der Waals surface area (Å²) in [4.78, 5) is 9.44. The Bertz CT molecular complexity index is 628. The van der Waals surface area contributed by atoms with E-state index in [4.69, 9.17) is 0 Å². The second-order valence-electron chi connectivity index (χ2n) is 8.60. The van der Waals surface area contributed by atoms with E-state index in [-0.39, 0.29) is 29.5 Å². The molecule has 2 heterocycles. The zero-order chi connectivity index (χ0) is 18.7. The molecule has 154 valence electrons. The molecule has 0 bridgehead atoms. The molecule has 1 saturated heterocycles.